The molecule has 3 unspecified atom stereocenters. The molecule has 4 rings (SSSR count). The fourth-order valence-corrected chi connectivity index (χ4v) is 4.44. The average molecular weight is 357 g/mol. The van der Waals surface area contributed by atoms with Gasteiger partial charge < -0.3 is 14.1 Å². The lowest BCUT2D eigenvalue weighted by Gasteiger charge is -2.32. The molecule has 1 aliphatic carbocycles. The number of likely N-dealkylation sites (tertiary alicyclic amines) is 1. The Labute approximate surface area is 152 Å². The first kappa shape index (κ1) is 17.1. The van der Waals surface area contributed by atoms with Gasteiger partial charge >= 0.3 is 0 Å². The Hall–Kier alpha value is -2.30. The smallest absolute Gasteiger partial charge is 0.290 e. The summed E-state index contributed by atoms with van der Waals surface area (Å²) in [6.45, 7) is 2.35. The van der Waals surface area contributed by atoms with Crippen molar-refractivity contribution in [3.05, 3.63) is 53.7 Å². The molecule has 138 valence electrons. The van der Waals surface area contributed by atoms with Gasteiger partial charge in [-0.1, -0.05) is 12.8 Å². The van der Waals surface area contributed by atoms with E-state index in [2.05, 4.69) is 6.92 Å². The van der Waals surface area contributed by atoms with Gasteiger partial charge in [0.05, 0.1) is 0 Å². The predicted molar refractivity (Wildman–Crippen MR) is 95.4 cm³/mol. The van der Waals surface area contributed by atoms with Crippen LogP contribution in [0.4, 0.5) is 4.39 Å². The van der Waals surface area contributed by atoms with E-state index in [1.807, 2.05) is 4.90 Å². The lowest BCUT2D eigenvalue weighted by Crippen LogP contribution is -2.42. The Balaban J connectivity index is 1.42. The van der Waals surface area contributed by atoms with Crippen molar-refractivity contribution in [2.24, 2.45) is 5.92 Å². The minimum absolute atomic E-state index is 0.0140. The number of furan rings is 1. The number of ether oxygens (including phenoxy) is 1. The molecule has 26 heavy (non-hydrogen) atoms. The number of rotatable bonds is 4. The van der Waals surface area contributed by atoms with Gasteiger partial charge in [-0.25, -0.2) is 4.39 Å². The molecule has 2 fully saturated rings. The summed E-state index contributed by atoms with van der Waals surface area (Å²) in [5.41, 5.74) is 0. The second-order valence-corrected chi connectivity index (χ2v) is 7.42. The molecule has 3 atom stereocenters. The summed E-state index contributed by atoms with van der Waals surface area (Å²) in [6, 6.07) is 9.96. The molecule has 1 saturated carbocycles. The van der Waals surface area contributed by atoms with E-state index in [4.69, 9.17) is 9.15 Å². The largest absolute Gasteiger partial charge is 0.486 e. The molecule has 2 aromatic rings. The van der Waals surface area contributed by atoms with Crippen LogP contribution in [0.3, 0.4) is 0 Å². The van der Waals surface area contributed by atoms with Gasteiger partial charge in [-0.2, -0.15) is 0 Å². The SMILES string of the molecule is CC1CC2CCCCC2N1C(=O)c1ccc(COc2ccc(F)cc2)o1. The van der Waals surface area contributed by atoms with Crippen LogP contribution in [0.5, 0.6) is 5.75 Å². The molecule has 0 N–H and O–H groups in total. The first-order chi connectivity index (χ1) is 12.6. The number of nitrogens with zero attached hydrogens (tertiary/aromatic N) is 1. The molecule has 1 aromatic carbocycles. The lowest BCUT2D eigenvalue weighted by atomic mass is 9.85. The van der Waals surface area contributed by atoms with E-state index in [1.54, 1.807) is 24.3 Å². The van der Waals surface area contributed by atoms with Crippen LogP contribution >= 0.6 is 0 Å². The maximum absolute atomic E-state index is 13.0. The van der Waals surface area contributed by atoms with Crippen LogP contribution in [-0.4, -0.2) is 22.9 Å². The van der Waals surface area contributed by atoms with Crippen molar-refractivity contribution >= 4 is 5.91 Å². The second kappa shape index (κ2) is 7.14. The molecule has 1 aliphatic heterocycles. The average Bonchev–Trinajstić information content (AvgIpc) is 3.24. The topological polar surface area (TPSA) is 42.7 Å². The van der Waals surface area contributed by atoms with Gasteiger partial charge in [0, 0.05) is 12.1 Å². The number of benzene rings is 1. The summed E-state index contributed by atoms with van der Waals surface area (Å²) in [6.07, 6.45) is 5.90. The molecular weight excluding hydrogens is 333 g/mol. The summed E-state index contributed by atoms with van der Waals surface area (Å²) >= 11 is 0. The number of fused-ring (bicyclic) bond motifs is 1. The highest BCUT2D eigenvalue weighted by Crippen LogP contribution is 2.40. The first-order valence-electron chi connectivity index (χ1n) is 9.41. The number of carbonyl (C=O) groups excluding carboxylic acids is 1. The molecule has 1 aromatic heterocycles. The van der Waals surface area contributed by atoms with Gasteiger partial charge in [-0.15, -0.1) is 0 Å². The Bertz CT molecular complexity index is 770. The number of amides is 1. The zero-order valence-electron chi connectivity index (χ0n) is 15.0. The summed E-state index contributed by atoms with van der Waals surface area (Å²) in [7, 11) is 0. The quantitative estimate of drug-likeness (QED) is 0.790. The number of halogens is 1. The van der Waals surface area contributed by atoms with E-state index in [9.17, 15) is 9.18 Å². The molecule has 0 radical (unpaired) electrons. The van der Waals surface area contributed by atoms with Crippen molar-refractivity contribution in [2.45, 2.75) is 57.7 Å². The first-order valence-corrected chi connectivity index (χ1v) is 9.41. The van der Waals surface area contributed by atoms with Crippen LogP contribution in [0.2, 0.25) is 0 Å². The van der Waals surface area contributed by atoms with Crippen molar-refractivity contribution in [1.82, 2.24) is 4.90 Å². The standard InChI is InChI=1S/C21H24FNO3/c1-14-12-15-4-2-3-5-19(15)23(14)21(24)20-11-10-18(26-20)13-25-17-8-6-16(22)7-9-17/h6-11,14-15,19H,2-5,12-13H2,1H3. The van der Waals surface area contributed by atoms with E-state index in [0.29, 0.717) is 29.2 Å². The minimum atomic E-state index is -0.302. The van der Waals surface area contributed by atoms with Crippen LogP contribution in [0.15, 0.2) is 40.8 Å². The van der Waals surface area contributed by atoms with E-state index in [-0.39, 0.29) is 24.4 Å². The van der Waals surface area contributed by atoms with Crippen molar-refractivity contribution in [2.75, 3.05) is 0 Å². The van der Waals surface area contributed by atoms with Crippen molar-refractivity contribution in [3.63, 3.8) is 0 Å². The third-order valence-corrected chi connectivity index (χ3v) is 5.65. The Morgan fingerprint density at radius 3 is 2.77 bits per heavy atom. The zero-order chi connectivity index (χ0) is 18.1. The number of hydrogen-bond acceptors (Lipinski definition) is 3. The van der Waals surface area contributed by atoms with E-state index in [0.717, 1.165) is 12.8 Å². The molecule has 0 spiro atoms. The molecule has 4 nitrogen and oxygen atoms in total. The Morgan fingerprint density at radius 2 is 1.96 bits per heavy atom. The fourth-order valence-electron chi connectivity index (χ4n) is 4.44. The van der Waals surface area contributed by atoms with Gasteiger partial charge in [-0.3, -0.25) is 4.79 Å². The van der Waals surface area contributed by atoms with Crippen molar-refractivity contribution in [1.29, 1.82) is 0 Å². The minimum Gasteiger partial charge on any atom is -0.486 e. The fraction of sp³-hybridized carbons (Fsp3) is 0.476. The van der Waals surface area contributed by atoms with Crippen LogP contribution in [0.25, 0.3) is 0 Å². The maximum Gasteiger partial charge on any atom is 0.290 e. The van der Waals surface area contributed by atoms with Gasteiger partial charge in [-0.05, 0) is 68.5 Å². The van der Waals surface area contributed by atoms with Crippen molar-refractivity contribution in [3.8, 4) is 5.75 Å². The highest BCUT2D eigenvalue weighted by molar-refractivity contribution is 5.92. The molecule has 2 heterocycles. The predicted octanol–water partition coefficient (Wildman–Crippen LogP) is 4.79. The van der Waals surface area contributed by atoms with Crippen LogP contribution in [-0.2, 0) is 6.61 Å². The number of hydrogen-bond donors (Lipinski definition) is 0. The van der Waals surface area contributed by atoms with Crippen LogP contribution in [0.1, 0.15) is 55.3 Å². The third-order valence-electron chi connectivity index (χ3n) is 5.65. The molecule has 0 bridgehead atoms. The van der Waals surface area contributed by atoms with Crippen LogP contribution in [0, 0.1) is 11.7 Å². The highest BCUT2D eigenvalue weighted by atomic mass is 19.1. The molecule has 5 heteroatoms. The Kier molecular flexibility index (Phi) is 4.70. The van der Waals surface area contributed by atoms with Crippen LogP contribution < -0.4 is 4.74 Å². The zero-order valence-corrected chi connectivity index (χ0v) is 15.0. The summed E-state index contributed by atoms with van der Waals surface area (Å²) in [4.78, 5) is 15.0. The van der Waals surface area contributed by atoms with E-state index < -0.39 is 0 Å². The summed E-state index contributed by atoms with van der Waals surface area (Å²) in [5.74, 6) is 1.85. The monoisotopic (exact) mass is 357 g/mol. The highest BCUT2D eigenvalue weighted by Gasteiger charge is 2.43. The second-order valence-electron chi connectivity index (χ2n) is 7.42. The van der Waals surface area contributed by atoms with Gasteiger partial charge in [0.1, 0.15) is 23.9 Å². The maximum atomic E-state index is 13.0. The van der Waals surface area contributed by atoms with Gasteiger partial charge in [0.2, 0.25) is 0 Å². The van der Waals surface area contributed by atoms with Crippen molar-refractivity contribution < 1.29 is 18.3 Å². The van der Waals surface area contributed by atoms with Gasteiger partial charge in [0.25, 0.3) is 5.91 Å². The molecular formula is C21H24FNO3. The summed E-state index contributed by atoms with van der Waals surface area (Å²) < 4.78 is 24.3. The van der Waals surface area contributed by atoms with Gasteiger partial charge in [0.15, 0.2) is 5.76 Å². The summed E-state index contributed by atoms with van der Waals surface area (Å²) in [5, 5.41) is 0. The van der Waals surface area contributed by atoms with E-state index in [1.165, 1.54) is 31.4 Å². The third kappa shape index (κ3) is 3.35. The molecule has 1 amide bonds. The number of carbonyl (C=O) groups is 1. The lowest BCUT2D eigenvalue weighted by molar-refractivity contribution is 0.0597. The molecule has 2 aliphatic rings. The Morgan fingerprint density at radius 1 is 1.19 bits per heavy atom. The molecule has 1 saturated heterocycles. The van der Waals surface area contributed by atoms with E-state index >= 15 is 0 Å². The normalized spacial score (nSPS) is 25.2.